The number of nitrogens with one attached hydrogen (secondary N) is 1. The van der Waals surface area contributed by atoms with E-state index in [0.29, 0.717) is 6.42 Å². The third-order valence-electron chi connectivity index (χ3n) is 3.43. The van der Waals surface area contributed by atoms with Gasteiger partial charge in [0, 0.05) is 12.6 Å². The highest BCUT2D eigenvalue weighted by Crippen LogP contribution is 2.29. The number of nitrogens with zero attached hydrogens (tertiary/aromatic N) is 1. The van der Waals surface area contributed by atoms with Crippen molar-refractivity contribution in [2.24, 2.45) is 0 Å². The van der Waals surface area contributed by atoms with Gasteiger partial charge in [-0.15, -0.1) is 0 Å². The number of ether oxygens (including phenoxy) is 1. The van der Waals surface area contributed by atoms with Gasteiger partial charge in [0.2, 0.25) is 10.0 Å². The fourth-order valence-electron chi connectivity index (χ4n) is 2.21. The van der Waals surface area contributed by atoms with E-state index in [9.17, 15) is 18.5 Å². The number of aryl methyl sites for hydroxylation is 1. The minimum Gasteiger partial charge on any atom is -0.490 e. The van der Waals surface area contributed by atoms with Gasteiger partial charge in [-0.25, -0.2) is 13.1 Å². The Morgan fingerprint density at radius 1 is 1.17 bits per heavy atom. The SMILES string of the molecule is COc1ccc(S(=O)(=O)NCCCc2ccccc2)cc1[N+](=O)[O-]. The Labute approximate surface area is 140 Å². The number of nitro groups is 1. The molecule has 1 N–H and O–H groups in total. The second-order valence-electron chi connectivity index (χ2n) is 5.08. The molecule has 0 amide bonds. The molecule has 0 radical (unpaired) electrons. The van der Waals surface area contributed by atoms with Crippen LogP contribution >= 0.6 is 0 Å². The lowest BCUT2D eigenvalue weighted by atomic mass is 10.1. The summed E-state index contributed by atoms with van der Waals surface area (Å²) in [6.07, 6.45) is 1.37. The zero-order valence-corrected chi connectivity index (χ0v) is 14.0. The summed E-state index contributed by atoms with van der Waals surface area (Å²) in [5.74, 6) is 0.0167. The second kappa shape index (κ2) is 7.89. The maximum atomic E-state index is 12.2. The van der Waals surface area contributed by atoms with Crippen LogP contribution in [-0.4, -0.2) is 27.0 Å². The molecular formula is C16H18N2O5S. The molecule has 128 valence electrons. The number of sulfonamides is 1. The topological polar surface area (TPSA) is 98.5 Å². The predicted octanol–water partition coefficient (Wildman–Crippen LogP) is 2.51. The van der Waals surface area contributed by atoms with E-state index in [1.54, 1.807) is 0 Å². The summed E-state index contributed by atoms with van der Waals surface area (Å²) in [5, 5.41) is 11.0. The molecule has 2 aromatic rings. The van der Waals surface area contributed by atoms with Gasteiger partial charge >= 0.3 is 5.69 Å². The molecule has 0 aromatic heterocycles. The molecule has 0 saturated heterocycles. The van der Waals surface area contributed by atoms with Crippen LogP contribution in [0.5, 0.6) is 5.75 Å². The van der Waals surface area contributed by atoms with Gasteiger partial charge in [-0.1, -0.05) is 30.3 Å². The van der Waals surface area contributed by atoms with Crippen molar-refractivity contribution in [2.75, 3.05) is 13.7 Å². The molecule has 7 nitrogen and oxygen atoms in total. The van der Waals surface area contributed by atoms with Gasteiger partial charge in [-0.2, -0.15) is 0 Å². The normalized spacial score (nSPS) is 11.2. The molecule has 0 bridgehead atoms. The van der Waals surface area contributed by atoms with Crippen LogP contribution < -0.4 is 9.46 Å². The lowest BCUT2D eigenvalue weighted by molar-refractivity contribution is -0.386. The van der Waals surface area contributed by atoms with Crippen LogP contribution in [0, 0.1) is 10.1 Å². The van der Waals surface area contributed by atoms with E-state index in [1.165, 1.54) is 19.2 Å². The monoisotopic (exact) mass is 350 g/mol. The smallest absolute Gasteiger partial charge is 0.312 e. The molecular weight excluding hydrogens is 332 g/mol. The summed E-state index contributed by atoms with van der Waals surface area (Å²) < 4.78 is 31.8. The summed E-state index contributed by atoms with van der Waals surface area (Å²) in [5.41, 5.74) is 0.737. The van der Waals surface area contributed by atoms with Gasteiger partial charge < -0.3 is 4.74 Å². The zero-order chi connectivity index (χ0) is 17.6. The van der Waals surface area contributed by atoms with Gasteiger partial charge in [0.1, 0.15) is 0 Å². The average Bonchev–Trinajstić information content (AvgIpc) is 2.59. The molecule has 0 spiro atoms. The fourth-order valence-corrected chi connectivity index (χ4v) is 3.30. The van der Waals surface area contributed by atoms with Crippen molar-refractivity contribution < 1.29 is 18.1 Å². The van der Waals surface area contributed by atoms with Crippen LogP contribution in [0.1, 0.15) is 12.0 Å². The van der Waals surface area contributed by atoms with Crippen LogP contribution in [-0.2, 0) is 16.4 Å². The van der Waals surface area contributed by atoms with Gasteiger partial charge in [0.15, 0.2) is 5.75 Å². The highest BCUT2D eigenvalue weighted by molar-refractivity contribution is 7.89. The quantitative estimate of drug-likeness (QED) is 0.448. The van der Waals surface area contributed by atoms with E-state index in [2.05, 4.69) is 4.72 Å². The number of hydrogen-bond donors (Lipinski definition) is 1. The largest absolute Gasteiger partial charge is 0.490 e. The number of rotatable bonds is 8. The molecule has 8 heteroatoms. The summed E-state index contributed by atoms with van der Waals surface area (Å²) in [7, 11) is -2.52. The van der Waals surface area contributed by atoms with Crippen molar-refractivity contribution in [3.05, 3.63) is 64.2 Å². The first kappa shape index (κ1) is 17.9. The van der Waals surface area contributed by atoms with Crippen molar-refractivity contribution in [1.29, 1.82) is 0 Å². The number of hydrogen-bond acceptors (Lipinski definition) is 5. The Morgan fingerprint density at radius 3 is 2.50 bits per heavy atom. The molecule has 0 heterocycles. The minimum absolute atomic E-state index is 0.0167. The van der Waals surface area contributed by atoms with Crippen LogP contribution in [0.3, 0.4) is 0 Å². The molecule has 0 atom stereocenters. The van der Waals surface area contributed by atoms with Crippen LogP contribution in [0.25, 0.3) is 0 Å². The third-order valence-corrected chi connectivity index (χ3v) is 4.89. The zero-order valence-electron chi connectivity index (χ0n) is 13.1. The summed E-state index contributed by atoms with van der Waals surface area (Å²) in [6, 6.07) is 13.3. The van der Waals surface area contributed by atoms with Crippen molar-refractivity contribution in [3.63, 3.8) is 0 Å². The lowest BCUT2D eigenvalue weighted by Gasteiger charge is -2.08. The first-order valence-electron chi connectivity index (χ1n) is 7.30. The maximum Gasteiger partial charge on any atom is 0.312 e. The van der Waals surface area contributed by atoms with Gasteiger partial charge in [-0.3, -0.25) is 10.1 Å². The number of nitro benzene ring substituents is 1. The maximum absolute atomic E-state index is 12.2. The van der Waals surface area contributed by atoms with Crippen LogP contribution in [0.15, 0.2) is 53.4 Å². The fraction of sp³-hybridized carbons (Fsp3) is 0.250. The summed E-state index contributed by atoms with van der Waals surface area (Å²) in [6.45, 7) is 0.247. The van der Waals surface area contributed by atoms with Crippen molar-refractivity contribution in [2.45, 2.75) is 17.7 Å². The molecule has 24 heavy (non-hydrogen) atoms. The highest BCUT2D eigenvalue weighted by atomic mass is 32.2. The average molecular weight is 350 g/mol. The highest BCUT2D eigenvalue weighted by Gasteiger charge is 2.21. The molecule has 2 rings (SSSR count). The third kappa shape index (κ3) is 4.53. The Kier molecular flexibility index (Phi) is 5.88. The van der Waals surface area contributed by atoms with Gasteiger partial charge in [0.05, 0.1) is 16.9 Å². The summed E-state index contributed by atoms with van der Waals surface area (Å²) >= 11 is 0. The Hall–Kier alpha value is -2.45. The molecule has 0 fully saturated rings. The Morgan fingerprint density at radius 2 is 1.88 bits per heavy atom. The molecule has 0 aliphatic heterocycles. The van der Waals surface area contributed by atoms with E-state index in [1.807, 2.05) is 30.3 Å². The van der Waals surface area contributed by atoms with E-state index in [0.717, 1.165) is 18.1 Å². The second-order valence-corrected chi connectivity index (χ2v) is 6.84. The van der Waals surface area contributed by atoms with Crippen LogP contribution in [0.4, 0.5) is 5.69 Å². The minimum atomic E-state index is -3.81. The number of benzene rings is 2. The predicted molar refractivity (Wildman–Crippen MR) is 89.6 cm³/mol. The lowest BCUT2D eigenvalue weighted by Crippen LogP contribution is -2.25. The van der Waals surface area contributed by atoms with E-state index in [-0.39, 0.29) is 22.9 Å². The molecule has 0 saturated carbocycles. The van der Waals surface area contributed by atoms with E-state index in [4.69, 9.17) is 4.74 Å². The van der Waals surface area contributed by atoms with E-state index >= 15 is 0 Å². The molecule has 2 aromatic carbocycles. The molecule has 0 aliphatic rings. The number of methoxy groups -OCH3 is 1. The van der Waals surface area contributed by atoms with Crippen molar-refractivity contribution >= 4 is 15.7 Å². The first-order valence-corrected chi connectivity index (χ1v) is 8.78. The van der Waals surface area contributed by atoms with Crippen molar-refractivity contribution in [1.82, 2.24) is 4.72 Å². The van der Waals surface area contributed by atoms with Gasteiger partial charge in [-0.05, 0) is 30.5 Å². The molecule has 0 aliphatic carbocycles. The molecule has 0 unspecified atom stereocenters. The van der Waals surface area contributed by atoms with E-state index < -0.39 is 14.9 Å². The van der Waals surface area contributed by atoms with Crippen LogP contribution in [0.2, 0.25) is 0 Å². The summed E-state index contributed by atoms with van der Waals surface area (Å²) in [4.78, 5) is 10.2. The first-order chi connectivity index (χ1) is 11.4. The standard InChI is InChI=1S/C16H18N2O5S/c1-23-16-10-9-14(12-15(16)18(19)20)24(21,22)17-11-5-8-13-6-3-2-4-7-13/h2-4,6-7,9-10,12,17H,5,8,11H2,1H3. The van der Waals surface area contributed by atoms with Crippen molar-refractivity contribution in [3.8, 4) is 5.75 Å². The Bertz CT molecular complexity index is 806. The Balaban J connectivity index is 2.02. The van der Waals surface area contributed by atoms with Gasteiger partial charge in [0.25, 0.3) is 0 Å².